The number of rotatable bonds is 0. The molecule has 1 aliphatic heterocycles. The fraction of sp³-hybridized carbons (Fsp3) is 0.889. The van der Waals surface area contributed by atoms with Crippen molar-refractivity contribution in [2.24, 2.45) is 39.9 Å². The van der Waals surface area contributed by atoms with Crippen molar-refractivity contribution in [1.82, 2.24) is 5.32 Å². The molecule has 5 unspecified atom stereocenters. The number of carbonyl (C=O) groups is 2. The van der Waals surface area contributed by atoms with Crippen molar-refractivity contribution in [1.29, 1.82) is 0 Å². The first kappa shape index (κ1) is 15.1. The first-order valence-corrected chi connectivity index (χ1v) is 8.31. The summed E-state index contributed by atoms with van der Waals surface area (Å²) in [7, 11) is 0. The maximum absolute atomic E-state index is 12.5. The number of hydrogen-bond donors (Lipinski definition) is 1. The monoisotopic (exact) mass is 291 g/mol. The van der Waals surface area contributed by atoms with Crippen LogP contribution in [0.1, 0.15) is 60.8 Å². The maximum atomic E-state index is 12.5. The molecule has 2 saturated carbocycles. The molecule has 3 aliphatic rings. The Balaban J connectivity index is 2.03. The van der Waals surface area contributed by atoms with E-state index in [1.807, 2.05) is 0 Å². The minimum Gasteiger partial charge on any atom is -0.296 e. The summed E-state index contributed by atoms with van der Waals surface area (Å²) in [5, 5.41) is 2.58. The summed E-state index contributed by atoms with van der Waals surface area (Å²) >= 11 is 0. The van der Waals surface area contributed by atoms with Gasteiger partial charge in [-0.2, -0.15) is 0 Å². The lowest BCUT2D eigenvalue weighted by Gasteiger charge is -2.51. The number of nitrogens with one attached hydrogen (secondary N) is 1. The topological polar surface area (TPSA) is 46.2 Å². The Hall–Kier alpha value is -0.860. The highest BCUT2D eigenvalue weighted by atomic mass is 16.2. The van der Waals surface area contributed by atoms with Gasteiger partial charge < -0.3 is 0 Å². The second-order valence-corrected chi connectivity index (χ2v) is 9.80. The van der Waals surface area contributed by atoms with Crippen LogP contribution in [0.3, 0.4) is 0 Å². The molecule has 1 spiro atoms. The van der Waals surface area contributed by atoms with E-state index in [9.17, 15) is 9.59 Å². The van der Waals surface area contributed by atoms with Crippen LogP contribution in [-0.4, -0.2) is 11.8 Å². The van der Waals surface area contributed by atoms with E-state index in [0.717, 1.165) is 12.8 Å². The van der Waals surface area contributed by atoms with Crippen LogP contribution in [-0.2, 0) is 9.59 Å². The highest BCUT2D eigenvalue weighted by molar-refractivity contribution is 6.06. The molecule has 0 aromatic rings. The fourth-order valence-corrected chi connectivity index (χ4v) is 6.08. The Bertz CT molecular complexity index is 496. The van der Waals surface area contributed by atoms with Crippen LogP contribution in [0.15, 0.2) is 0 Å². The molecule has 0 aromatic heterocycles. The fourth-order valence-electron chi connectivity index (χ4n) is 6.08. The van der Waals surface area contributed by atoms with Crippen molar-refractivity contribution < 1.29 is 9.59 Å². The Morgan fingerprint density at radius 2 is 1.57 bits per heavy atom. The van der Waals surface area contributed by atoms with Crippen LogP contribution in [0.4, 0.5) is 0 Å². The summed E-state index contributed by atoms with van der Waals surface area (Å²) in [5.41, 5.74) is 0.0518. The van der Waals surface area contributed by atoms with Gasteiger partial charge in [-0.05, 0) is 47.3 Å². The third-order valence-corrected chi connectivity index (χ3v) is 6.40. The van der Waals surface area contributed by atoms with E-state index in [2.05, 4.69) is 46.9 Å². The molecule has 1 saturated heterocycles. The molecule has 21 heavy (non-hydrogen) atoms. The van der Waals surface area contributed by atoms with Gasteiger partial charge in [0.25, 0.3) is 0 Å². The quantitative estimate of drug-likeness (QED) is 0.695. The predicted octanol–water partition coefficient (Wildman–Crippen LogP) is 3.38. The van der Waals surface area contributed by atoms with E-state index in [-0.39, 0.29) is 28.1 Å². The third-order valence-electron chi connectivity index (χ3n) is 6.40. The molecule has 5 atom stereocenters. The highest BCUT2D eigenvalue weighted by Gasteiger charge is 2.68. The minimum atomic E-state index is -0.387. The molecule has 118 valence electrons. The number of hydrogen-bond acceptors (Lipinski definition) is 2. The molecule has 0 aromatic carbocycles. The molecule has 0 radical (unpaired) electrons. The van der Waals surface area contributed by atoms with Gasteiger partial charge in [-0.15, -0.1) is 0 Å². The number of imide groups is 1. The van der Waals surface area contributed by atoms with Crippen molar-refractivity contribution in [3.63, 3.8) is 0 Å². The maximum Gasteiger partial charge on any atom is 0.233 e. The normalized spacial score (nSPS) is 43.0. The van der Waals surface area contributed by atoms with Gasteiger partial charge in [-0.1, -0.05) is 41.5 Å². The minimum absolute atomic E-state index is 0.0154. The SMILES string of the molecule is CC(C)(C)C1C2CC(C1C(C)(C)C)C1(CC(=O)NC1=O)C2. The Labute approximate surface area is 128 Å². The molecular weight excluding hydrogens is 262 g/mol. The van der Waals surface area contributed by atoms with E-state index < -0.39 is 0 Å². The van der Waals surface area contributed by atoms with Crippen molar-refractivity contribution in [3.05, 3.63) is 0 Å². The summed E-state index contributed by atoms with van der Waals surface area (Å²) < 4.78 is 0. The van der Waals surface area contributed by atoms with E-state index >= 15 is 0 Å². The zero-order valence-corrected chi connectivity index (χ0v) is 14.2. The standard InChI is InChI=1S/C18H29NO2/c1-16(2,3)13-10-7-11(14(13)17(4,5)6)18(8-10)9-12(20)19-15(18)21/h10-11,13-14H,7-9H2,1-6H3,(H,19,20,21). The van der Waals surface area contributed by atoms with Gasteiger partial charge in [0.05, 0.1) is 5.41 Å². The third kappa shape index (κ3) is 1.99. The average Bonchev–Trinajstić information content (AvgIpc) is 2.88. The molecule has 1 heterocycles. The Kier molecular flexibility index (Phi) is 2.95. The molecule has 2 amide bonds. The molecule has 2 aliphatic carbocycles. The zero-order chi connectivity index (χ0) is 15.8. The van der Waals surface area contributed by atoms with E-state index in [0.29, 0.717) is 30.1 Å². The van der Waals surface area contributed by atoms with Crippen LogP contribution >= 0.6 is 0 Å². The lowest BCUT2D eigenvalue weighted by Crippen LogP contribution is -2.49. The van der Waals surface area contributed by atoms with Gasteiger partial charge in [-0.3, -0.25) is 14.9 Å². The van der Waals surface area contributed by atoms with Crippen LogP contribution in [0.5, 0.6) is 0 Å². The lowest BCUT2D eigenvalue weighted by atomic mass is 9.53. The number of fused-ring (bicyclic) bond motifs is 3. The van der Waals surface area contributed by atoms with Crippen LogP contribution < -0.4 is 5.32 Å². The zero-order valence-electron chi connectivity index (χ0n) is 14.2. The van der Waals surface area contributed by atoms with Gasteiger partial charge in [0.2, 0.25) is 11.8 Å². The number of amides is 2. The predicted molar refractivity (Wildman–Crippen MR) is 82.3 cm³/mol. The number of carbonyl (C=O) groups excluding carboxylic acids is 2. The highest BCUT2D eigenvalue weighted by Crippen LogP contribution is 2.69. The lowest BCUT2D eigenvalue weighted by molar-refractivity contribution is -0.136. The first-order valence-electron chi connectivity index (χ1n) is 8.31. The molecule has 3 fully saturated rings. The second-order valence-electron chi connectivity index (χ2n) is 9.80. The summed E-state index contributed by atoms with van der Waals surface area (Å²) in [4.78, 5) is 24.3. The van der Waals surface area contributed by atoms with Crippen LogP contribution in [0, 0.1) is 39.9 Å². The average molecular weight is 291 g/mol. The molecular formula is C18H29NO2. The Morgan fingerprint density at radius 3 is 2.00 bits per heavy atom. The van der Waals surface area contributed by atoms with Crippen molar-refractivity contribution >= 4 is 11.8 Å². The van der Waals surface area contributed by atoms with E-state index in [1.54, 1.807) is 0 Å². The van der Waals surface area contributed by atoms with E-state index in [1.165, 1.54) is 0 Å². The smallest absolute Gasteiger partial charge is 0.233 e. The molecule has 3 heteroatoms. The molecule has 1 N–H and O–H groups in total. The van der Waals surface area contributed by atoms with Gasteiger partial charge in [0.1, 0.15) is 0 Å². The van der Waals surface area contributed by atoms with Gasteiger partial charge in [-0.25, -0.2) is 0 Å². The van der Waals surface area contributed by atoms with Crippen molar-refractivity contribution in [2.45, 2.75) is 60.8 Å². The van der Waals surface area contributed by atoms with Crippen LogP contribution in [0.2, 0.25) is 0 Å². The van der Waals surface area contributed by atoms with Crippen LogP contribution in [0.25, 0.3) is 0 Å². The largest absolute Gasteiger partial charge is 0.296 e. The summed E-state index contributed by atoms with van der Waals surface area (Å²) in [5.74, 6) is 2.09. The second kappa shape index (κ2) is 4.11. The summed E-state index contributed by atoms with van der Waals surface area (Å²) in [6.07, 6.45) is 2.48. The summed E-state index contributed by atoms with van der Waals surface area (Å²) in [6.45, 7) is 13.9. The van der Waals surface area contributed by atoms with Gasteiger partial charge >= 0.3 is 0 Å². The Morgan fingerprint density at radius 1 is 1.00 bits per heavy atom. The van der Waals surface area contributed by atoms with Crippen molar-refractivity contribution in [3.8, 4) is 0 Å². The van der Waals surface area contributed by atoms with Crippen molar-refractivity contribution in [2.75, 3.05) is 0 Å². The molecule has 3 rings (SSSR count). The first-order chi connectivity index (χ1) is 9.47. The summed E-state index contributed by atoms with van der Waals surface area (Å²) in [6, 6.07) is 0. The van der Waals surface area contributed by atoms with E-state index in [4.69, 9.17) is 0 Å². The molecule has 2 bridgehead atoms. The molecule has 3 nitrogen and oxygen atoms in total. The van der Waals surface area contributed by atoms with Gasteiger partial charge in [0.15, 0.2) is 0 Å². The van der Waals surface area contributed by atoms with Gasteiger partial charge in [0, 0.05) is 6.42 Å².